The summed E-state index contributed by atoms with van der Waals surface area (Å²) in [5, 5.41) is 2.44. The monoisotopic (exact) mass is 449 g/mol. The molecule has 3 aromatic rings. The smallest absolute Gasteiger partial charge is 0.253 e. The van der Waals surface area contributed by atoms with Crippen molar-refractivity contribution in [2.45, 2.75) is 44.1 Å². The van der Waals surface area contributed by atoms with Crippen LogP contribution in [-0.2, 0) is 4.79 Å². The SMILES string of the molecule is CNC(=O)c1ccc(C2CCC(C(=O)CC3c4c(F)cccc4-c4cncn43)CC2)cc1F. The van der Waals surface area contributed by atoms with Gasteiger partial charge in [-0.1, -0.05) is 18.2 Å². The van der Waals surface area contributed by atoms with Crippen LogP contribution in [0.1, 0.15) is 65.5 Å². The Kier molecular flexibility index (Phi) is 5.56. The van der Waals surface area contributed by atoms with Crippen molar-refractivity contribution >= 4 is 11.7 Å². The van der Waals surface area contributed by atoms with Crippen LogP contribution in [-0.4, -0.2) is 28.3 Å². The number of hydrogen-bond acceptors (Lipinski definition) is 3. The van der Waals surface area contributed by atoms with Crippen molar-refractivity contribution in [3.8, 4) is 11.3 Å². The van der Waals surface area contributed by atoms with Crippen molar-refractivity contribution in [1.82, 2.24) is 14.9 Å². The zero-order valence-corrected chi connectivity index (χ0v) is 18.4. The number of carbonyl (C=O) groups is 2. The van der Waals surface area contributed by atoms with Gasteiger partial charge in [0.25, 0.3) is 5.91 Å². The van der Waals surface area contributed by atoms with Crippen molar-refractivity contribution in [1.29, 1.82) is 0 Å². The Labute approximate surface area is 190 Å². The van der Waals surface area contributed by atoms with Crippen molar-refractivity contribution in [2.24, 2.45) is 5.92 Å². The molecular weight excluding hydrogens is 424 g/mol. The quantitative estimate of drug-likeness (QED) is 0.595. The van der Waals surface area contributed by atoms with E-state index in [0.717, 1.165) is 42.5 Å². The molecule has 5 nitrogen and oxygen atoms in total. The fraction of sp³-hybridized carbons (Fsp3) is 0.346. The van der Waals surface area contributed by atoms with E-state index in [0.29, 0.717) is 5.56 Å². The number of rotatable bonds is 5. The molecule has 1 aliphatic heterocycles. The number of fused-ring (bicyclic) bond motifs is 3. The van der Waals surface area contributed by atoms with Crippen molar-refractivity contribution < 1.29 is 18.4 Å². The van der Waals surface area contributed by atoms with Gasteiger partial charge in [0, 0.05) is 30.5 Å². The Morgan fingerprint density at radius 1 is 1.09 bits per heavy atom. The summed E-state index contributed by atoms with van der Waals surface area (Å²) in [6.07, 6.45) is 6.61. The van der Waals surface area contributed by atoms with Gasteiger partial charge in [0.1, 0.15) is 17.4 Å². The summed E-state index contributed by atoms with van der Waals surface area (Å²) in [5.41, 5.74) is 3.11. The average Bonchev–Trinajstić information content (AvgIpc) is 3.42. The van der Waals surface area contributed by atoms with Gasteiger partial charge >= 0.3 is 0 Å². The third-order valence-electron chi connectivity index (χ3n) is 7.18. The first-order valence-corrected chi connectivity index (χ1v) is 11.3. The lowest BCUT2D eigenvalue weighted by Gasteiger charge is -2.29. The minimum absolute atomic E-state index is 0.0352. The van der Waals surface area contributed by atoms with Gasteiger partial charge in [-0.25, -0.2) is 13.8 Å². The molecule has 2 heterocycles. The Morgan fingerprint density at radius 3 is 2.61 bits per heavy atom. The van der Waals surface area contributed by atoms with Crippen molar-refractivity contribution in [3.05, 3.63) is 77.2 Å². The number of ketones is 1. The largest absolute Gasteiger partial charge is 0.355 e. The first-order valence-electron chi connectivity index (χ1n) is 11.3. The summed E-state index contributed by atoms with van der Waals surface area (Å²) < 4.78 is 30.9. The number of hydrogen-bond donors (Lipinski definition) is 1. The highest BCUT2D eigenvalue weighted by molar-refractivity contribution is 5.94. The molecule has 0 radical (unpaired) electrons. The van der Waals surface area contributed by atoms with Crippen LogP contribution in [0.5, 0.6) is 0 Å². The molecule has 1 unspecified atom stereocenters. The second-order valence-corrected chi connectivity index (χ2v) is 8.94. The molecule has 33 heavy (non-hydrogen) atoms. The molecule has 1 N–H and O–H groups in total. The van der Waals surface area contributed by atoms with E-state index in [4.69, 9.17) is 0 Å². The number of Topliss-reactive ketones (excluding diaryl/α,β-unsaturated/α-hetero) is 1. The van der Waals surface area contributed by atoms with Gasteiger partial charge in [-0.15, -0.1) is 0 Å². The molecule has 2 aliphatic rings. The lowest BCUT2D eigenvalue weighted by atomic mass is 9.76. The Bertz CT molecular complexity index is 1230. The van der Waals surface area contributed by atoms with Crippen LogP contribution in [0.25, 0.3) is 11.3 Å². The highest BCUT2D eigenvalue weighted by atomic mass is 19.1. The summed E-state index contributed by atoms with van der Waals surface area (Å²) in [6, 6.07) is 9.40. The van der Waals surface area contributed by atoms with Crippen LogP contribution < -0.4 is 5.32 Å². The lowest BCUT2D eigenvalue weighted by molar-refractivity contribution is -0.124. The van der Waals surface area contributed by atoms with Crippen LogP contribution >= 0.6 is 0 Å². The van der Waals surface area contributed by atoms with Gasteiger partial charge in [-0.3, -0.25) is 9.59 Å². The molecular formula is C26H25F2N3O2. The molecule has 2 aromatic carbocycles. The first kappa shape index (κ1) is 21.5. The zero-order chi connectivity index (χ0) is 23.1. The molecule has 1 saturated carbocycles. The van der Waals surface area contributed by atoms with Crippen LogP contribution in [0, 0.1) is 17.6 Å². The molecule has 0 bridgehead atoms. The molecule has 1 fully saturated rings. The van der Waals surface area contributed by atoms with Gasteiger partial charge in [0.15, 0.2) is 0 Å². The van der Waals surface area contributed by atoms with Crippen LogP contribution in [0.4, 0.5) is 8.78 Å². The topological polar surface area (TPSA) is 64.0 Å². The molecule has 0 spiro atoms. The Morgan fingerprint density at radius 2 is 1.88 bits per heavy atom. The number of carbonyl (C=O) groups excluding carboxylic acids is 2. The van der Waals surface area contributed by atoms with Gasteiger partial charge in [-0.05, 0) is 55.4 Å². The van der Waals surface area contributed by atoms with E-state index in [1.807, 2.05) is 10.6 Å². The number of halogens is 2. The molecule has 170 valence electrons. The molecule has 1 atom stereocenters. The summed E-state index contributed by atoms with van der Waals surface area (Å²) >= 11 is 0. The number of imidazole rings is 1. The van der Waals surface area contributed by atoms with Crippen LogP contribution in [0.3, 0.4) is 0 Å². The average molecular weight is 450 g/mol. The minimum atomic E-state index is -0.525. The number of aromatic nitrogens is 2. The maximum atomic E-state index is 14.6. The molecule has 5 rings (SSSR count). The number of benzene rings is 2. The highest BCUT2D eigenvalue weighted by Crippen LogP contribution is 2.44. The summed E-state index contributed by atoms with van der Waals surface area (Å²) in [4.78, 5) is 29.1. The summed E-state index contributed by atoms with van der Waals surface area (Å²) in [7, 11) is 1.47. The Balaban J connectivity index is 1.26. The Hall–Kier alpha value is -3.35. The molecule has 1 amide bonds. The maximum absolute atomic E-state index is 14.6. The summed E-state index contributed by atoms with van der Waals surface area (Å²) in [6.45, 7) is 0. The predicted octanol–water partition coefficient (Wildman–Crippen LogP) is 5.02. The zero-order valence-electron chi connectivity index (χ0n) is 18.4. The minimum Gasteiger partial charge on any atom is -0.355 e. The van der Waals surface area contributed by atoms with Crippen LogP contribution in [0.2, 0.25) is 0 Å². The summed E-state index contributed by atoms with van der Waals surface area (Å²) in [5.74, 6) is -1.05. The molecule has 7 heteroatoms. The van der Waals surface area contributed by atoms with Gasteiger partial charge < -0.3 is 9.88 Å². The third kappa shape index (κ3) is 3.75. The highest BCUT2D eigenvalue weighted by Gasteiger charge is 2.35. The molecule has 0 saturated heterocycles. The van der Waals surface area contributed by atoms with Crippen molar-refractivity contribution in [2.75, 3.05) is 7.05 Å². The fourth-order valence-electron chi connectivity index (χ4n) is 5.41. The predicted molar refractivity (Wildman–Crippen MR) is 120 cm³/mol. The molecule has 1 aliphatic carbocycles. The van der Waals surface area contributed by atoms with E-state index in [-0.39, 0.29) is 41.5 Å². The van der Waals surface area contributed by atoms with Crippen LogP contribution in [0.15, 0.2) is 48.9 Å². The molecule has 1 aromatic heterocycles. The fourth-order valence-corrected chi connectivity index (χ4v) is 5.41. The van der Waals surface area contributed by atoms with E-state index in [1.54, 1.807) is 24.7 Å². The van der Waals surface area contributed by atoms with Crippen molar-refractivity contribution in [3.63, 3.8) is 0 Å². The standard InChI is InChI=1S/C26H25F2N3O2/c1-29-26(33)18-10-9-17(11-21(18)28)15-5-7-16(8-6-15)24(32)12-22-25-19(3-2-4-20(25)27)23-13-30-14-31(22)23/h2-4,9-11,13-16,22H,5-8,12H2,1H3,(H,29,33). The number of nitrogens with zero attached hydrogens (tertiary/aromatic N) is 2. The van der Waals surface area contributed by atoms with Gasteiger partial charge in [-0.2, -0.15) is 0 Å². The van der Waals surface area contributed by atoms with E-state index in [1.165, 1.54) is 25.2 Å². The van der Waals surface area contributed by atoms with E-state index in [9.17, 15) is 18.4 Å². The normalized spacial score (nSPS) is 21.4. The second kappa shape index (κ2) is 8.54. The van der Waals surface area contributed by atoms with E-state index >= 15 is 0 Å². The first-order chi connectivity index (χ1) is 16.0. The van der Waals surface area contributed by atoms with E-state index in [2.05, 4.69) is 10.3 Å². The number of nitrogens with one attached hydrogen (secondary N) is 1. The van der Waals surface area contributed by atoms with Gasteiger partial charge in [0.2, 0.25) is 0 Å². The lowest BCUT2D eigenvalue weighted by Crippen LogP contribution is -2.24. The second-order valence-electron chi connectivity index (χ2n) is 8.94. The maximum Gasteiger partial charge on any atom is 0.253 e. The third-order valence-corrected chi connectivity index (χ3v) is 7.18. The van der Waals surface area contributed by atoms with E-state index < -0.39 is 11.7 Å². The van der Waals surface area contributed by atoms with Gasteiger partial charge in [0.05, 0.1) is 29.8 Å². The number of amides is 1.